The summed E-state index contributed by atoms with van der Waals surface area (Å²) in [6.07, 6.45) is 1.40. The molecular weight excluding hydrogens is 234 g/mol. The zero-order valence-electron chi connectivity index (χ0n) is 9.08. The average molecular weight is 241 g/mol. The highest BCUT2D eigenvalue weighted by atomic mass is 16.4. The Bertz CT molecular complexity index is 835. The molecule has 0 atom stereocenters. The first-order valence-electron chi connectivity index (χ1n) is 5.22. The minimum atomic E-state index is -1.27. The third-order valence-corrected chi connectivity index (χ3v) is 2.68. The quantitative estimate of drug-likeness (QED) is 0.659. The number of nitrogens with zero attached hydrogens (tertiary/aromatic N) is 1. The smallest absolute Gasteiger partial charge is 0.371 e. The SMILES string of the molecule is O=C(O)c1cc(=O)c2cnc3ccccc3c2o1. The largest absolute Gasteiger partial charge is 0.475 e. The summed E-state index contributed by atoms with van der Waals surface area (Å²) in [5.41, 5.74) is 0.494. The van der Waals surface area contributed by atoms with Gasteiger partial charge in [-0.15, -0.1) is 0 Å². The van der Waals surface area contributed by atoms with Crippen molar-refractivity contribution in [3.8, 4) is 0 Å². The van der Waals surface area contributed by atoms with Crippen LogP contribution in [0.2, 0.25) is 0 Å². The Morgan fingerprint density at radius 2 is 2.00 bits per heavy atom. The summed E-state index contributed by atoms with van der Waals surface area (Å²) < 4.78 is 5.28. The number of fused-ring (bicyclic) bond motifs is 3. The number of aromatic nitrogens is 1. The molecule has 0 unspecified atom stereocenters. The fourth-order valence-electron chi connectivity index (χ4n) is 1.84. The van der Waals surface area contributed by atoms with Crippen molar-refractivity contribution in [2.24, 2.45) is 0 Å². The second-order valence-electron chi connectivity index (χ2n) is 3.80. The first-order valence-corrected chi connectivity index (χ1v) is 5.22. The Morgan fingerprint density at radius 3 is 2.78 bits per heavy atom. The third-order valence-electron chi connectivity index (χ3n) is 2.68. The van der Waals surface area contributed by atoms with Crippen LogP contribution in [0.1, 0.15) is 10.6 Å². The van der Waals surface area contributed by atoms with Crippen LogP contribution in [0.4, 0.5) is 0 Å². The van der Waals surface area contributed by atoms with Crippen molar-refractivity contribution < 1.29 is 14.3 Å². The fourth-order valence-corrected chi connectivity index (χ4v) is 1.84. The van der Waals surface area contributed by atoms with Gasteiger partial charge in [0.15, 0.2) is 5.43 Å². The predicted molar refractivity (Wildman–Crippen MR) is 64.7 cm³/mol. The zero-order chi connectivity index (χ0) is 12.7. The van der Waals surface area contributed by atoms with Crippen LogP contribution in [-0.2, 0) is 0 Å². The van der Waals surface area contributed by atoms with E-state index in [0.717, 1.165) is 6.07 Å². The zero-order valence-corrected chi connectivity index (χ0v) is 9.08. The summed E-state index contributed by atoms with van der Waals surface area (Å²) in [6.45, 7) is 0. The van der Waals surface area contributed by atoms with Crippen LogP contribution in [0.25, 0.3) is 21.9 Å². The minimum Gasteiger partial charge on any atom is -0.475 e. The molecule has 0 bridgehead atoms. The van der Waals surface area contributed by atoms with Gasteiger partial charge < -0.3 is 9.52 Å². The van der Waals surface area contributed by atoms with Gasteiger partial charge in [0.1, 0.15) is 5.58 Å². The molecular formula is C13H7NO4. The molecule has 5 heteroatoms. The maximum absolute atomic E-state index is 11.8. The van der Waals surface area contributed by atoms with Crippen molar-refractivity contribution in [1.29, 1.82) is 0 Å². The number of hydrogen-bond acceptors (Lipinski definition) is 4. The first kappa shape index (κ1) is 10.5. The minimum absolute atomic E-state index is 0.255. The van der Waals surface area contributed by atoms with E-state index in [0.29, 0.717) is 10.9 Å². The highest BCUT2D eigenvalue weighted by Crippen LogP contribution is 2.22. The summed E-state index contributed by atoms with van der Waals surface area (Å²) in [6, 6.07) is 8.04. The lowest BCUT2D eigenvalue weighted by Gasteiger charge is -2.02. The number of rotatable bonds is 1. The maximum atomic E-state index is 11.8. The van der Waals surface area contributed by atoms with E-state index in [1.165, 1.54) is 6.20 Å². The highest BCUT2D eigenvalue weighted by Gasteiger charge is 2.12. The van der Waals surface area contributed by atoms with E-state index in [4.69, 9.17) is 9.52 Å². The van der Waals surface area contributed by atoms with Gasteiger partial charge in [0.25, 0.3) is 0 Å². The second-order valence-corrected chi connectivity index (χ2v) is 3.80. The Hall–Kier alpha value is -2.69. The van der Waals surface area contributed by atoms with E-state index < -0.39 is 11.4 Å². The molecule has 5 nitrogen and oxygen atoms in total. The van der Waals surface area contributed by atoms with Crippen molar-refractivity contribution in [1.82, 2.24) is 4.98 Å². The van der Waals surface area contributed by atoms with Gasteiger partial charge in [0, 0.05) is 17.6 Å². The number of carbonyl (C=O) groups is 1. The molecule has 0 aliphatic heterocycles. The summed E-state index contributed by atoms with van der Waals surface area (Å²) in [7, 11) is 0. The van der Waals surface area contributed by atoms with Gasteiger partial charge in [-0.05, 0) is 12.1 Å². The molecule has 2 heterocycles. The normalized spacial score (nSPS) is 10.9. The molecule has 0 saturated carbocycles. The lowest BCUT2D eigenvalue weighted by molar-refractivity contribution is 0.0663. The Kier molecular flexibility index (Phi) is 2.13. The molecule has 88 valence electrons. The van der Waals surface area contributed by atoms with Gasteiger partial charge in [-0.3, -0.25) is 9.78 Å². The number of carboxylic acid groups (broad SMARTS) is 1. The molecule has 0 aliphatic carbocycles. The first-order chi connectivity index (χ1) is 8.66. The molecule has 3 aromatic rings. The Labute approximate surface area is 100 Å². The number of carboxylic acids is 1. The van der Waals surface area contributed by atoms with Crippen LogP contribution in [0, 0.1) is 0 Å². The van der Waals surface area contributed by atoms with Crippen molar-refractivity contribution in [3.05, 3.63) is 52.5 Å². The van der Waals surface area contributed by atoms with E-state index in [1.807, 2.05) is 0 Å². The van der Waals surface area contributed by atoms with E-state index in [-0.39, 0.29) is 16.7 Å². The van der Waals surface area contributed by atoms with Gasteiger partial charge in [0.05, 0.1) is 10.9 Å². The van der Waals surface area contributed by atoms with Crippen molar-refractivity contribution in [2.75, 3.05) is 0 Å². The third kappa shape index (κ3) is 1.45. The summed E-state index contributed by atoms with van der Waals surface area (Å²) in [5, 5.41) is 9.79. The number of pyridine rings is 1. The monoisotopic (exact) mass is 241 g/mol. The number of para-hydroxylation sites is 1. The van der Waals surface area contributed by atoms with Crippen LogP contribution in [0.5, 0.6) is 0 Å². The molecule has 0 spiro atoms. The molecule has 1 N–H and O–H groups in total. The van der Waals surface area contributed by atoms with E-state index in [9.17, 15) is 9.59 Å². The summed E-state index contributed by atoms with van der Waals surface area (Å²) in [5.74, 6) is -1.64. The number of benzene rings is 1. The molecule has 0 radical (unpaired) electrons. The standard InChI is InChI=1S/C13H7NO4/c15-10-5-11(13(16)17)18-12-7-3-1-2-4-9(7)14-6-8(10)12/h1-6H,(H,16,17). The Morgan fingerprint density at radius 1 is 1.22 bits per heavy atom. The summed E-state index contributed by atoms with van der Waals surface area (Å²) in [4.78, 5) is 26.8. The van der Waals surface area contributed by atoms with Crippen molar-refractivity contribution in [2.45, 2.75) is 0 Å². The fraction of sp³-hybridized carbons (Fsp3) is 0. The van der Waals surface area contributed by atoms with E-state index in [2.05, 4.69) is 4.98 Å². The van der Waals surface area contributed by atoms with Gasteiger partial charge in [-0.2, -0.15) is 0 Å². The van der Waals surface area contributed by atoms with E-state index in [1.54, 1.807) is 24.3 Å². The maximum Gasteiger partial charge on any atom is 0.371 e. The molecule has 0 saturated heterocycles. The number of hydrogen-bond donors (Lipinski definition) is 1. The predicted octanol–water partition coefficient (Wildman–Crippen LogP) is 2.04. The topological polar surface area (TPSA) is 80.4 Å². The molecule has 2 aromatic heterocycles. The lowest BCUT2D eigenvalue weighted by atomic mass is 10.1. The molecule has 1 aromatic carbocycles. The average Bonchev–Trinajstić information content (AvgIpc) is 2.38. The van der Waals surface area contributed by atoms with Gasteiger partial charge in [0.2, 0.25) is 5.76 Å². The highest BCUT2D eigenvalue weighted by molar-refractivity contribution is 6.02. The molecule has 0 aliphatic rings. The van der Waals surface area contributed by atoms with Crippen molar-refractivity contribution in [3.63, 3.8) is 0 Å². The number of aromatic carboxylic acids is 1. The van der Waals surface area contributed by atoms with Crippen LogP contribution < -0.4 is 5.43 Å². The van der Waals surface area contributed by atoms with Crippen LogP contribution in [-0.4, -0.2) is 16.1 Å². The van der Waals surface area contributed by atoms with Crippen molar-refractivity contribution >= 4 is 27.8 Å². The second kappa shape index (κ2) is 3.66. The van der Waals surface area contributed by atoms with Gasteiger partial charge in [-0.1, -0.05) is 12.1 Å². The van der Waals surface area contributed by atoms with E-state index >= 15 is 0 Å². The molecule has 18 heavy (non-hydrogen) atoms. The lowest BCUT2D eigenvalue weighted by Crippen LogP contribution is -2.06. The van der Waals surface area contributed by atoms with Gasteiger partial charge >= 0.3 is 5.97 Å². The van der Waals surface area contributed by atoms with Gasteiger partial charge in [-0.25, -0.2) is 4.79 Å². The van der Waals surface area contributed by atoms with Crippen LogP contribution in [0.15, 0.2) is 45.7 Å². The Balaban J connectivity index is 2.56. The van der Waals surface area contributed by atoms with Crippen LogP contribution >= 0.6 is 0 Å². The molecule has 0 fully saturated rings. The molecule has 3 rings (SSSR count). The summed E-state index contributed by atoms with van der Waals surface area (Å²) >= 11 is 0. The van der Waals surface area contributed by atoms with Crippen LogP contribution in [0.3, 0.4) is 0 Å². The molecule has 0 amide bonds.